The van der Waals surface area contributed by atoms with Crippen LogP contribution in [0.5, 0.6) is 0 Å². The van der Waals surface area contributed by atoms with Crippen molar-refractivity contribution in [1.29, 1.82) is 0 Å². The van der Waals surface area contributed by atoms with Crippen molar-refractivity contribution in [1.82, 2.24) is 5.32 Å². The lowest BCUT2D eigenvalue weighted by Crippen LogP contribution is -2.38. The van der Waals surface area contributed by atoms with Crippen LogP contribution in [-0.2, 0) is 4.79 Å². The number of benzene rings is 1. The lowest BCUT2D eigenvalue weighted by molar-refractivity contribution is -0.115. The molecule has 19 heavy (non-hydrogen) atoms. The van der Waals surface area contributed by atoms with E-state index in [4.69, 9.17) is 0 Å². The second-order valence-electron chi connectivity index (χ2n) is 5.37. The molecule has 1 fully saturated rings. The lowest BCUT2D eigenvalue weighted by atomic mass is 9.87. The summed E-state index contributed by atoms with van der Waals surface area (Å²) in [6.45, 7) is 2.51. The van der Waals surface area contributed by atoms with Crippen molar-refractivity contribution in [2.24, 2.45) is 5.92 Å². The van der Waals surface area contributed by atoms with Gasteiger partial charge in [0.05, 0.1) is 12.2 Å². The monoisotopic (exact) mass is 264 g/mol. The van der Waals surface area contributed by atoms with E-state index < -0.39 is 5.82 Å². The summed E-state index contributed by atoms with van der Waals surface area (Å²) >= 11 is 0. The highest BCUT2D eigenvalue weighted by Gasteiger charge is 2.18. The van der Waals surface area contributed by atoms with Crippen molar-refractivity contribution in [3.05, 3.63) is 30.1 Å². The summed E-state index contributed by atoms with van der Waals surface area (Å²) in [7, 11) is 0. The molecule has 1 aliphatic carbocycles. The van der Waals surface area contributed by atoms with Gasteiger partial charge >= 0.3 is 0 Å². The molecule has 2 N–H and O–H groups in total. The first kappa shape index (κ1) is 14.0. The van der Waals surface area contributed by atoms with Gasteiger partial charge in [-0.2, -0.15) is 0 Å². The number of para-hydroxylation sites is 1. The number of halogens is 1. The summed E-state index contributed by atoms with van der Waals surface area (Å²) in [6.07, 6.45) is 4.67. The van der Waals surface area contributed by atoms with Gasteiger partial charge < -0.3 is 10.6 Å². The first-order chi connectivity index (χ1) is 9.15. The molecule has 0 spiro atoms. The van der Waals surface area contributed by atoms with Crippen LogP contribution in [0.4, 0.5) is 10.1 Å². The maximum absolute atomic E-state index is 13.4. The number of anilines is 1. The van der Waals surface area contributed by atoms with E-state index in [2.05, 4.69) is 17.6 Å². The minimum atomic E-state index is -0.401. The summed E-state index contributed by atoms with van der Waals surface area (Å²) in [5.41, 5.74) is 0.242. The van der Waals surface area contributed by atoms with Crippen LogP contribution >= 0.6 is 0 Å². The highest BCUT2D eigenvalue weighted by molar-refractivity contribution is 5.92. The SMILES string of the molecule is CC1CCC(NCC(=O)Nc2ccccc2F)CC1. The molecule has 1 aliphatic rings. The number of hydrogen-bond donors (Lipinski definition) is 2. The highest BCUT2D eigenvalue weighted by Crippen LogP contribution is 2.23. The molecule has 4 heteroatoms. The largest absolute Gasteiger partial charge is 0.322 e. The normalized spacial score (nSPS) is 23.1. The quantitative estimate of drug-likeness (QED) is 0.878. The number of carbonyl (C=O) groups excluding carboxylic acids is 1. The standard InChI is InChI=1S/C15H21FN2O/c1-11-6-8-12(9-7-11)17-10-15(19)18-14-5-3-2-4-13(14)16/h2-5,11-12,17H,6-10H2,1H3,(H,18,19). The smallest absolute Gasteiger partial charge is 0.238 e. The maximum atomic E-state index is 13.4. The lowest BCUT2D eigenvalue weighted by Gasteiger charge is -2.26. The Labute approximate surface area is 113 Å². The van der Waals surface area contributed by atoms with Gasteiger partial charge in [0.1, 0.15) is 5.82 Å². The van der Waals surface area contributed by atoms with E-state index in [9.17, 15) is 9.18 Å². The number of rotatable bonds is 4. The molecule has 0 bridgehead atoms. The molecule has 0 atom stereocenters. The second-order valence-corrected chi connectivity index (χ2v) is 5.37. The summed E-state index contributed by atoms with van der Waals surface area (Å²) < 4.78 is 13.4. The Hall–Kier alpha value is -1.42. The number of nitrogens with one attached hydrogen (secondary N) is 2. The van der Waals surface area contributed by atoms with Gasteiger partial charge in [-0.3, -0.25) is 4.79 Å². The highest BCUT2D eigenvalue weighted by atomic mass is 19.1. The van der Waals surface area contributed by atoms with Crippen molar-refractivity contribution in [3.8, 4) is 0 Å². The van der Waals surface area contributed by atoms with Gasteiger partial charge in [-0.1, -0.05) is 19.1 Å². The van der Waals surface area contributed by atoms with Crippen molar-refractivity contribution >= 4 is 11.6 Å². The fourth-order valence-electron chi connectivity index (χ4n) is 2.46. The molecular formula is C15H21FN2O. The van der Waals surface area contributed by atoms with E-state index in [1.807, 2.05) is 0 Å². The molecule has 1 aromatic carbocycles. The fourth-order valence-corrected chi connectivity index (χ4v) is 2.46. The Morgan fingerprint density at radius 1 is 1.26 bits per heavy atom. The molecule has 0 saturated heterocycles. The molecule has 3 nitrogen and oxygen atoms in total. The molecule has 1 saturated carbocycles. The van der Waals surface area contributed by atoms with Gasteiger partial charge in [-0.15, -0.1) is 0 Å². The number of hydrogen-bond acceptors (Lipinski definition) is 2. The first-order valence-electron chi connectivity index (χ1n) is 6.93. The molecule has 104 valence electrons. The Bertz CT molecular complexity index is 428. The Morgan fingerprint density at radius 2 is 1.95 bits per heavy atom. The van der Waals surface area contributed by atoms with Gasteiger partial charge in [0.25, 0.3) is 0 Å². The third-order valence-corrected chi connectivity index (χ3v) is 3.72. The minimum Gasteiger partial charge on any atom is -0.322 e. The van der Waals surface area contributed by atoms with Crippen LogP contribution in [0.1, 0.15) is 32.6 Å². The van der Waals surface area contributed by atoms with Gasteiger partial charge in [-0.05, 0) is 43.7 Å². The zero-order valence-corrected chi connectivity index (χ0v) is 11.3. The van der Waals surface area contributed by atoms with Crippen LogP contribution in [-0.4, -0.2) is 18.5 Å². The van der Waals surface area contributed by atoms with Crippen LogP contribution in [0.2, 0.25) is 0 Å². The number of carbonyl (C=O) groups is 1. The zero-order valence-electron chi connectivity index (χ0n) is 11.3. The summed E-state index contributed by atoms with van der Waals surface area (Å²) in [4.78, 5) is 11.7. The van der Waals surface area contributed by atoms with Gasteiger partial charge in [0.2, 0.25) is 5.91 Å². The van der Waals surface area contributed by atoms with Crippen molar-refractivity contribution in [2.75, 3.05) is 11.9 Å². The molecule has 0 radical (unpaired) electrons. The average molecular weight is 264 g/mol. The summed E-state index contributed by atoms with van der Waals surface area (Å²) in [5, 5.41) is 5.83. The van der Waals surface area contributed by atoms with E-state index in [0.717, 1.165) is 18.8 Å². The summed E-state index contributed by atoms with van der Waals surface area (Å²) in [6, 6.07) is 6.63. The van der Waals surface area contributed by atoms with E-state index in [0.29, 0.717) is 6.04 Å². The molecular weight excluding hydrogens is 243 g/mol. The Morgan fingerprint density at radius 3 is 2.63 bits per heavy atom. The first-order valence-corrected chi connectivity index (χ1v) is 6.93. The molecule has 0 unspecified atom stereocenters. The maximum Gasteiger partial charge on any atom is 0.238 e. The van der Waals surface area contributed by atoms with Crippen molar-refractivity contribution in [3.63, 3.8) is 0 Å². The molecule has 0 aliphatic heterocycles. The number of amides is 1. The van der Waals surface area contributed by atoms with Gasteiger partial charge in [0, 0.05) is 6.04 Å². The minimum absolute atomic E-state index is 0.191. The van der Waals surface area contributed by atoms with Crippen LogP contribution in [0, 0.1) is 11.7 Å². The average Bonchev–Trinajstić information content (AvgIpc) is 2.41. The molecule has 2 rings (SSSR count). The fraction of sp³-hybridized carbons (Fsp3) is 0.533. The van der Waals surface area contributed by atoms with Crippen LogP contribution in [0.25, 0.3) is 0 Å². The van der Waals surface area contributed by atoms with Gasteiger partial charge in [-0.25, -0.2) is 4.39 Å². The van der Waals surface area contributed by atoms with Gasteiger partial charge in [0.15, 0.2) is 0 Å². The van der Waals surface area contributed by atoms with Crippen molar-refractivity contribution in [2.45, 2.75) is 38.6 Å². The van der Waals surface area contributed by atoms with Crippen molar-refractivity contribution < 1.29 is 9.18 Å². The molecule has 0 aromatic heterocycles. The Balaban J connectivity index is 1.74. The van der Waals surface area contributed by atoms with Crippen LogP contribution < -0.4 is 10.6 Å². The predicted octanol–water partition coefficient (Wildman–Crippen LogP) is 2.93. The molecule has 1 aromatic rings. The van der Waals surface area contributed by atoms with E-state index in [1.165, 1.54) is 18.9 Å². The topological polar surface area (TPSA) is 41.1 Å². The third-order valence-electron chi connectivity index (χ3n) is 3.72. The van der Waals surface area contributed by atoms with Crippen LogP contribution in [0.15, 0.2) is 24.3 Å². The van der Waals surface area contributed by atoms with E-state index in [1.54, 1.807) is 18.2 Å². The zero-order chi connectivity index (χ0) is 13.7. The van der Waals surface area contributed by atoms with Crippen LogP contribution in [0.3, 0.4) is 0 Å². The van der Waals surface area contributed by atoms with E-state index in [-0.39, 0.29) is 18.1 Å². The molecule has 1 amide bonds. The summed E-state index contributed by atoms with van der Waals surface area (Å²) in [5.74, 6) is 0.205. The third kappa shape index (κ3) is 4.31. The van der Waals surface area contributed by atoms with E-state index >= 15 is 0 Å². The molecule has 0 heterocycles. The second kappa shape index (κ2) is 6.66. The Kier molecular flexibility index (Phi) is 4.91. The predicted molar refractivity (Wildman–Crippen MR) is 74.5 cm³/mol.